The van der Waals surface area contributed by atoms with Crippen molar-refractivity contribution in [2.24, 2.45) is 12.0 Å². The second kappa shape index (κ2) is 8.07. The third-order valence-electron chi connectivity index (χ3n) is 3.41. The predicted octanol–water partition coefficient (Wildman–Crippen LogP) is 1.39. The smallest absolute Gasteiger partial charge is 0.191 e. The molecule has 0 aliphatic carbocycles. The van der Waals surface area contributed by atoms with E-state index in [2.05, 4.69) is 20.7 Å². The summed E-state index contributed by atoms with van der Waals surface area (Å²) in [5.74, 6) is 1.25. The maximum Gasteiger partial charge on any atom is 0.191 e. The molecule has 124 valence electrons. The van der Waals surface area contributed by atoms with Crippen LogP contribution in [0.1, 0.15) is 18.2 Å². The summed E-state index contributed by atoms with van der Waals surface area (Å²) in [5, 5.41) is 20.7. The van der Waals surface area contributed by atoms with Crippen LogP contribution in [0.3, 0.4) is 0 Å². The molecule has 23 heavy (non-hydrogen) atoms. The first kappa shape index (κ1) is 16.7. The number of phenols is 1. The lowest BCUT2D eigenvalue weighted by Gasteiger charge is -2.12. The zero-order valence-electron chi connectivity index (χ0n) is 13.7. The molecule has 0 amide bonds. The number of nitrogens with one attached hydrogen (secondary N) is 2. The average Bonchev–Trinajstić information content (AvgIpc) is 2.96. The van der Waals surface area contributed by atoms with E-state index in [-0.39, 0.29) is 5.75 Å². The van der Waals surface area contributed by atoms with Gasteiger partial charge in [0, 0.05) is 25.4 Å². The number of para-hydroxylation sites is 1. The Morgan fingerprint density at radius 1 is 1.35 bits per heavy atom. The van der Waals surface area contributed by atoms with Gasteiger partial charge in [-0.2, -0.15) is 5.10 Å². The number of nitrogens with zero attached hydrogens (tertiary/aromatic N) is 3. The van der Waals surface area contributed by atoms with Crippen molar-refractivity contribution in [2.45, 2.75) is 20.0 Å². The van der Waals surface area contributed by atoms with E-state index >= 15 is 0 Å². The second-order valence-electron chi connectivity index (χ2n) is 4.96. The van der Waals surface area contributed by atoms with Crippen LogP contribution in [0.5, 0.6) is 11.5 Å². The van der Waals surface area contributed by atoms with Crippen LogP contribution >= 0.6 is 0 Å². The first-order valence-corrected chi connectivity index (χ1v) is 7.49. The molecule has 0 bridgehead atoms. The molecule has 0 unspecified atom stereocenters. The zero-order valence-corrected chi connectivity index (χ0v) is 13.7. The fourth-order valence-corrected chi connectivity index (χ4v) is 2.12. The van der Waals surface area contributed by atoms with Crippen molar-refractivity contribution in [2.75, 3.05) is 13.7 Å². The Balaban J connectivity index is 2.05. The summed E-state index contributed by atoms with van der Waals surface area (Å²) in [6.45, 7) is 3.72. The maximum absolute atomic E-state index is 10.1. The number of rotatable bonds is 6. The van der Waals surface area contributed by atoms with Crippen LogP contribution in [-0.2, 0) is 20.1 Å². The molecule has 0 radical (unpaired) electrons. The Kier molecular flexibility index (Phi) is 5.85. The molecule has 0 aliphatic rings. The maximum atomic E-state index is 10.1. The molecule has 0 aliphatic heterocycles. The van der Waals surface area contributed by atoms with Crippen LogP contribution in [0.15, 0.2) is 35.5 Å². The topological polar surface area (TPSA) is 83.7 Å². The standard InChI is InChI=1S/C16H23N5O2/c1-4-17-16(19-11-13-8-9-20-21(13)2)18-10-12-6-5-7-14(23-3)15(12)22/h5-9,22H,4,10-11H2,1-3H3,(H2,17,18,19). The van der Waals surface area contributed by atoms with E-state index in [1.807, 2.05) is 36.9 Å². The lowest BCUT2D eigenvalue weighted by Crippen LogP contribution is -2.37. The quantitative estimate of drug-likeness (QED) is 0.554. The minimum Gasteiger partial charge on any atom is -0.504 e. The molecule has 1 heterocycles. The predicted molar refractivity (Wildman–Crippen MR) is 89.5 cm³/mol. The summed E-state index contributed by atoms with van der Waals surface area (Å²) >= 11 is 0. The van der Waals surface area contributed by atoms with Crippen molar-refractivity contribution in [3.8, 4) is 11.5 Å². The van der Waals surface area contributed by atoms with Crippen molar-refractivity contribution in [1.82, 2.24) is 20.4 Å². The van der Waals surface area contributed by atoms with Gasteiger partial charge in [0.05, 0.1) is 25.9 Å². The number of aromatic nitrogens is 2. The Bertz CT molecular complexity index is 666. The molecule has 1 aromatic carbocycles. The lowest BCUT2D eigenvalue weighted by atomic mass is 10.2. The highest BCUT2D eigenvalue weighted by Gasteiger charge is 2.07. The molecule has 1 aromatic heterocycles. The molecule has 3 N–H and O–H groups in total. The summed E-state index contributed by atoms with van der Waals surface area (Å²) in [6.07, 6.45) is 1.76. The number of ether oxygens (including phenoxy) is 1. The van der Waals surface area contributed by atoms with Crippen molar-refractivity contribution < 1.29 is 9.84 Å². The SMILES string of the molecule is CCNC(=NCc1cccc(OC)c1O)NCc1ccnn1C. The molecule has 0 fully saturated rings. The lowest BCUT2D eigenvalue weighted by molar-refractivity contribution is 0.370. The number of benzene rings is 1. The van der Waals surface area contributed by atoms with Crippen LogP contribution in [0.2, 0.25) is 0 Å². The highest BCUT2D eigenvalue weighted by atomic mass is 16.5. The van der Waals surface area contributed by atoms with Gasteiger partial charge in [-0.1, -0.05) is 12.1 Å². The zero-order chi connectivity index (χ0) is 16.7. The van der Waals surface area contributed by atoms with Gasteiger partial charge in [0.2, 0.25) is 0 Å². The largest absolute Gasteiger partial charge is 0.504 e. The highest BCUT2D eigenvalue weighted by molar-refractivity contribution is 5.79. The Morgan fingerprint density at radius 3 is 2.83 bits per heavy atom. The number of aliphatic imine (C=N–C) groups is 1. The first-order chi connectivity index (χ1) is 11.2. The fourth-order valence-electron chi connectivity index (χ4n) is 2.12. The summed E-state index contributed by atoms with van der Waals surface area (Å²) in [4.78, 5) is 4.50. The van der Waals surface area contributed by atoms with E-state index in [9.17, 15) is 5.11 Å². The average molecular weight is 317 g/mol. The molecular formula is C16H23N5O2. The van der Waals surface area contributed by atoms with E-state index in [1.54, 1.807) is 12.3 Å². The Morgan fingerprint density at radius 2 is 2.17 bits per heavy atom. The van der Waals surface area contributed by atoms with Crippen LogP contribution in [-0.4, -0.2) is 34.5 Å². The van der Waals surface area contributed by atoms with Crippen molar-refractivity contribution in [1.29, 1.82) is 0 Å². The summed E-state index contributed by atoms with van der Waals surface area (Å²) in [5.41, 5.74) is 1.77. The minimum absolute atomic E-state index is 0.126. The number of guanidine groups is 1. The van der Waals surface area contributed by atoms with E-state index < -0.39 is 0 Å². The molecule has 7 heteroatoms. The van der Waals surface area contributed by atoms with Gasteiger partial charge < -0.3 is 20.5 Å². The molecular weight excluding hydrogens is 294 g/mol. The molecule has 0 atom stereocenters. The fraction of sp³-hybridized carbons (Fsp3) is 0.375. The van der Waals surface area contributed by atoms with E-state index in [4.69, 9.17) is 4.74 Å². The van der Waals surface area contributed by atoms with Gasteiger partial charge in [0.15, 0.2) is 17.5 Å². The van der Waals surface area contributed by atoms with Gasteiger partial charge in [0.25, 0.3) is 0 Å². The second-order valence-corrected chi connectivity index (χ2v) is 4.96. The molecule has 7 nitrogen and oxygen atoms in total. The van der Waals surface area contributed by atoms with Gasteiger partial charge in [-0.05, 0) is 19.1 Å². The Hall–Kier alpha value is -2.70. The van der Waals surface area contributed by atoms with Gasteiger partial charge in [-0.3, -0.25) is 4.68 Å². The summed E-state index contributed by atoms with van der Waals surface area (Å²) in [6, 6.07) is 7.32. The van der Waals surface area contributed by atoms with E-state index in [0.29, 0.717) is 30.4 Å². The number of hydrogen-bond acceptors (Lipinski definition) is 4. The normalized spacial score (nSPS) is 11.3. The van der Waals surface area contributed by atoms with Crippen LogP contribution in [0.4, 0.5) is 0 Å². The first-order valence-electron chi connectivity index (χ1n) is 7.49. The van der Waals surface area contributed by atoms with Crippen molar-refractivity contribution in [3.63, 3.8) is 0 Å². The monoisotopic (exact) mass is 317 g/mol. The van der Waals surface area contributed by atoms with Crippen molar-refractivity contribution in [3.05, 3.63) is 41.7 Å². The molecule has 2 rings (SSSR count). The Labute approximate surface area is 136 Å². The van der Waals surface area contributed by atoms with E-state index in [0.717, 1.165) is 12.2 Å². The van der Waals surface area contributed by atoms with Crippen molar-refractivity contribution >= 4 is 5.96 Å². The third kappa shape index (κ3) is 4.38. The number of phenolic OH excluding ortho intramolecular Hbond substituents is 1. The number of aryl methyl sites for hydroxylation is 1. The molecule has 0 saturated carbocycles. The van der Waals surface area contributed by atoms with E-state index in [1.165, 1.54) is 7.11 Å². The van der Waals surface area contributed by atoms with Gasteiger partial charge in [-0.25, -0.2) is 4.99 Å². The van der Waals surface area contributed by atoms with Gasteiger partial charge in [-0.15, -0.1) is 0 Å². The van der Waals surface area contributed by atoms with Gasteiger partial charge in [0.1, 0.15) is 0 Å². The molecule has 2 aromatic rings. The summed E-state index contributed by atoms with van der Waals surface area (Å²) in [7, 11) is 3.43. The number of hydrogen-bond donors (Lipinski definition) is 3. The molecule has 0 spiro atoms. The van der Waals surface area contributed by atoms with Crippen LogP contribution in [0.25, 0.3) is 0 Å². The number of aromatic hydroxyl groups is 1. The highest BCUT2D eigenvalue weighted by Crippen LogP contribution is 2.29. The third-order valence-corrected chi connectivity index (χ3v) is 3.41. The van der Waals surface area contributed by atoms with Crippen LogP contribution in [0, 0.1) is 0 Å². The minimum atomic E-state index is 0.126. The number of methoxy groups -OCH3 is 1. The van der Waals surface area contributed by atoms with Gasteiger partial charge >= 0.3 is 0 Å². The molecule has 0 saturated heterocycles. The summed E-state index contributed by atoms with van der Waals surface area (Å²) < 4.78 is 6.92. The van der Waals surface area contributed by atoms with Crippen LogP contribution < -0.4 is 15.4 Å².